The van der Waals surface area contributed by atoms with Gasteiger partial charge in [0, 0.05) is 12.2 Å². The van der Waals surface area contributed by atoms with Crippen LogP contribution < -0.4 is 4.72 Å². The Morgan fingerprint density at radius 3 is 2.61 bits per heavy atom. The highest BCUT2D eigenvalue weighted by Gasteiger charge is 2.36. The number of benzene rings is 1. The molecule has 1 saturated heterocycles. The summed E-state index contributed by atoms with van der Waals surface area (Å²) in [4.78, 5) is 11.4. The van der Waals surface area contributed by atoms with Gasteiger partial charge >= 0.3 is 10.2 Å². The molecule has 0 bridgehead atoms. The molecule has 1 aromatic carbocycles. The van der Waals surface area contributed by atoms with E-state index in [1.807, 2.05) is 6.07 Å². The number of carbonyl (C=O) groups excluding carboxylic acids is 1. The number of carbonyl (C=O) groups is 1. The lowest BCUT2D eigenvalue weighted by Crippen LogP contribution is -2.42. The Kier molecular flexibility index (Phi) is 3.68. The van der Waals surface area contributed by atoms with Crippen molar-refractivity contribution in [3.63, 3.8) is 0 Å². The van der Waals surface area contributed by atoms with Crippen LogP contribution in [0, 0.1) is 0 Å². The predicted molar refractivity (Wildman–Crippen MR) is 69.4 cm³/mol. The van der Waals surface area contributed by atoms with E-state index in [1.54, 1.807) is 24.3 Å². The molecule has 0 unspecified atom stereocenters. The molecule has 0 aromatic heterocycles. The molecule has 1 aliphatic rings. The average molecular weight is 268 g/mol. The van der Waals surface area contributed by atoms with E-state index in [0.29, 0.717) is 18.7 Å². The number of nitrogens with zero attached hydrogens (tertiary/aromatic N) is 1. The van der Waals surface area contributed by atoms with Crippen molar-refractivity contribution >= 4 is 21.7 Å². The van der Waals surface area contributed by atoms with Crippen molar-refractivity contribution in [1.29, 1.82) is 0 Å². The molecular formula is C12H16N2O3S. The first-order valence-corrected chi connectivity index (χ1v) is 7.30. The molecule has 18 heavy (non-hydrogen) atoms. The van der Waals surface area contributed by atoms with Crippen LogP contribution in [0.2, 0.25) is 0 Å². The molecule has 1 N–H and O–H groups in total. The van der Waals surface area contributed by atoms with Crippen LogP contribution in [0.25, 0.3) is 0 Å². The van der Waals surface area contributed by atoms with Crippen molar-refractivity contribution in [3.8, 4) is 0 Å². The molecular weight excluding hydrogens is 252 g/mol. The monoisotopic (exact) mass is 268 g/mol. The first-order chi connectivity index (χ1) is 8.50. The minimum atomic E-state index is -3.64. The van der Waals surface area contributed by atoms with Crippen LogP contribution in [-0.2, 0) is 15.0 Å². The Bertz CT molecular complexity index is 528. The summed E-state index contributed by atoms with van der Waals surface area (Å²) in [6, 6.07) is 8.15. The molecule has 1 aliphatic heterocycles. The van der Waals surface area contributed by atoms with Crippen molar-refractivity contribution in [2.24, 2.45) is 0 Å². The topological polar surface area (TPSA) is 66.5 Å². The zero-order valence-corrected chi connectivity index (χ0v) is 11.0. The molecule has 1 atom stereocenters. The van der Waals surface area contributed by atoms with Crippen LogP contribution in [0.1, 0.15) is 19.8 Å². The third kappa shape index (κ3) is 2.70. The average Bonchev–Trinajstić information content (AvgIpc) is 2.79. The van der Waals surface area contributed by atoms with E-state index in [-0.39, 0.29) is 5.78 Å². The second-order valence-corrected chi connectivity index (χ2v) is 5.98. The number of nitrogens with one attached hydrogen (secondary N) is 1. The van der Waals surface area contributed by atoms with E-state index in [1.165, 1.54) is 11.2 Å². The van der Waals surface area contributed by atoms with Gasteiger partial charge in [0.05, 0.1) is 6.04 Å². The molecule has 1 fully saturated rings. The molecule has 2 rings (SSSR count). The van der Waals surface area contributed by atoms with E-state index >= 15 is 0 Å². The van der Waals surface area contributed by atoms with Gasteiger partial charge in [0.2, 0.25) is 0 Å². The highest BCUT2D eigenvalue weighted by molar-refractivity contribution is 7.90. The number of hydrogen-bond acceptors (Lipinski definition) is 3. The van der Waals surface area contributed by atoms with Crippen LogP contribution >= 0.6 is 0 Å². The molecule has 1 heterocycles. The number of ketones is 1. The Labute approximate surface area is 107 Å². The van der Waals surface area contributed by atoms with E-state index in [2.05, 4.69) is 4.72 Å². The summed E-state index contributed by atoms with van der Waals surface area (Å²) in [5.41, 5.74) is 0.506. The summed E-state index contributed by atoms with van der Waals surface area (Å²) in [7, 11) is -3.64. The highest BCUT2D eigenvalue weighted by Crippen LogP contribution is 2.23. The number of hydrogen-bond donors (Lipinski definition) is 1. The Morgan fingerprint density at radius 2 is 2.00 bits per heavy atom. The van der Waals surface area contributed by atoms with Gasteiger partial charge in [-0.3, -0.25) is 9.52 Å². The third-order valence-electron chi connectivity index (χ3n) is 3.00. The molecule has 0 saturated carbocycles. The van der Waals surface area contributed by atoms with Gasteiger partial charge in [0.15, 0.2) is 0 Å². The minimum Gasteiger partial charge on any atom is -0.298 e. The summed E-state index contributed by atoms with van der Waals surface area (Å²) in [5.74, 6) is -0.106. The smallest absolute Gasteiger partial charge is 0.298 e. The van der Waals surface area contributed by atoms with E-state index in [9.17, 15) is 13.2 Å². The number of anilines is 1. The van der Waals surface area contributed by atoms with Gasteiger partial charge in [-0.05, 0) is 31.9 Å². The Morgan fingerprint density at radius 1 is 1.33 bits per heavy atom. The molecule has 6 heteroatoms. The fourth-order valence-corrected chi connectivity index (χ4v) is 3.66. The van der Waals surface area contributed by atoms with Gasteiger partial charge in [-0.1, -0.05) is 18.2 Å². The third-order valence-corrected chi connectivity index (χ3v) is 4.55. The van der Waals surface area contributed by atoms with Gasteiger partial charge in [-0.25, -0.2) is 0 Å². The van der Waals surface area contributed by atoms with Gasteiger partial charge in [0.1, 0.15) is 5.78 Å². The van der Waals surface area contributed by atoms with Crippen LogP contribution in [0.15, 0.2) is 30.3 Å². The maximum Gasteiger partial charge on any atom is 0.302 e. The Hall–Kier alpha value is -1.40. The molecule has 0 radical (unpaired) electrons. The highest BCUT2D eigenvalue weighted by atomic mass is 32.2. The normalized spacial score (nSPS) is 20.8. The van der Waals surface area contributed by atoms with Crippen LogP contribution in [0.3, 0.4) is 0 Å². The Balaban J connectivity index is 2.19. The lowest BCUT2D eigenvalue weighted by Gasteiger charge is -2.22. The first-order valence-electron chi connectivity index (χ1n) is 5.86. The van der Waals surface area contributed by atoms with Crippen molar-refractivity contribution in [2.75, 3.05) is 11.3 Å². The van der Waals surface area contributed by atoms with Crippen molar-refractivity contribution in [1.82, 2.24) is 4.31 Å². The lowest BCUT2D eigenvalue weighted by atomic mass is 10.2. The standard InChI is InChI=1S/C12H16N2O3S/c1-10(15)12-8-5-9-14(12)18(16,17)13-11-6-3-2-4-7-11/h2-4,6-7,12-13H,5,8-9H2,1H3/t12-/m0/s1. The van der Waals surface area contributed by atoms with Gasteiger partial charge in [-0.15, -0.1) is 0 Å². The zero-order chi connectivity index (χ0) is 13.2. The molecule has 5 nitrogen and oxygen atoms in total. The number of rotatable bonds is 4. The fourth-order valence-electron chi connectivity index (χ4n) is 2.15. The summed E-state index contributed by atoms with van der Waals surface area (Å²) < 4.78 is 28.1. The van der Waals surface area contributed by atoms with Crippen molar-refractivity contribution < 1.29 is 13.2 Å². The largest absolute Gasteiger partial charge is 0.302 e. The van der Waals surface area contributed by atoms with Crippen molar-refractivity contribution in [3.05, 3.63) is 30.3 Å². The zero-order valence-electron chi connectivity index (χ0n) is 10.2. The fraction of sp³-hybridized carbons (Fsp3) is 0.417. The van der Waals surface area contributed by atoms with Gasteiger partial charge in [-0.2, -0.15) is 12.7 Å². The summed E-state index contributed by atoms with van der Waals surface area (Å²) >= 11 is 0. The molecule has 0 aliphatic carbocycles. The van der Waals surface area contributed by atoms with Gasteiger partial charge in [0.25, 0.3) is 0 Å². The summed E-state index contributed by atoms with van der Waals surface area (Å²) in [6.45, 7) is 1.83. The minimum absolute atomic E-state index is 0.106. The summed E-state index contributed by atoms with van der Waals surface area (Å²) in [5, 5.41) is 0. The maximum absolute atomic E-state index is 12.2. The first kappa shape index (κ1) is 13.0. The lowest BCUT2D eigenvalue weighted by molar-refractivity contribution is -0.119. The van der Waals surface area contributed by atoms with Gasteiger partial charge < -0.3 is 0 Å². The van der Waals surface area contributed by atoms with Crippen LogP contribution in [0.5, 0.6) is 0 Å². The van der Waals surface area contributed by atoms with E-state index in [4.69, 9.17) is 0 Å². The van der Waals surface area contributed by atoms with E-state index < -0.39 is 16.3 Å². The predicted octanol–water partition coefficient (Wildman–Crippen LogP) is 1.40. The SMILES string of the molecule is CC(=O)[C@@H]1CCCN1S(=O)(=O)Nc1ccccc1. The quantitative estimate of drug-likeness (QED) is 0.897. The molecule has 98 valence electrons. The summed E-state index contributed by atoms with van der Waals surface area (Å²) in [6.07, 6.45) is 1.32. The second kappa shape index (κ2) is 5.07. The number of para-hydroxylation sites is 1. The van der Waals surface area contributed by atoms with E-state index in [0.717, 1.165) is 6.42 Å². The molecule has 0 spiro atoms. The van der Waals surface area contributed by atoms with Crippen LogP contribution in [0.4, 0.5) is 5.69 Å². The van der Waals surface area contributed by atoms with Crippen LogP contribution in [-0.4, -0.2) is 31.1 Å². The molecule has 1 aromatic rings. The molecule has 0 amide bonds. The van der Waals surface area contributed by atoms with Crippen molar-refractivity contribution in [2.45, 2.75) is 25.8 Å². The maximum atomic E-state index is 12.2. The second-order valence-electron chi connectivity index (χ2n) is 4.35. The number of Topliss-reactive ketones (excluding diaryl/α,β-unsaturated/α-hetero) is 1.